The molecule has 1 aliphatic heterocycles. The number of benzene rings is 2. The number of thiocarbonyl (C=S) groups is 1. The van der Waals surface area contributed by atoms with Crippen LogP contribution in [0.3, 0.4) is 0 Å². The summed E-state index contributed by atoms with van der Waals surface area (Å²) in [5.74, 6) is 1.36. The van der Waals surface area contributed by atoms with Crippen molar-refractivity contribution in [2.24, 2.45) is 0 Å². The Balaban J connectivity index is 1.59. The molecule has 7 heteroatoms. The van der Waals surface area contributed by atoms with E-state index in [4.69, 9.17) is 33.3 Å². The van der Waals surface area contributed by atoms with Crippen LogP contribution >= 0.6 is 35.6 Å². The number of carbonyl (C=O) groups is 1. The summed E-state index contributed by atoms with van der Waals surface area (Å²) < 4.78 is 12.2. The number of amides is 1. The van der Waals surface area contributed by atoms with Gasteiger partial charge >= 0.3 is 0 Å². The Morgan fingerprint density at radius 2 is 1.89 bits per heavy atom. The van der Waals surface area contributed by atoms with Gasteiger partial charge in [-0.25, -0.2) is 0 Å². The molecule has 1 heterocycles. The van der Waals surface area contributed by atoms with E-state index in [1.165, 1.54) is 17.3 Å². The lowest BCUT2D eigenvalue weighted by atomic mass is 10.1. The molecule has 146 valence electrons. The van der Waals surface area contributed by atoms with E-state index >= 15 is 0 Å². The van der Waals surface area contributed by atoms with Crippen LogP contribution < -0.4 is 14.8 Å². The number of nitrogens with one attached hydrogen (secondary N) is 1. The third-order valence-electron chi connectivity index (χ3n) is 4.26. The highest BCUT2D eigenvalue weighted by atomic mass is 35.5. The molecule has 1 fully saturated rings. The van der Waals surface area contributed by atoms with Crippen molar-refractivity contribution in [3.8, 4) is 11.5 Å². The molecule has 0 spiro atoms. The van der Waals surface area contributed by atoms with Gasteiger partial charge in [-0.2, -0.15) is 0 Å². The minimum atomic E-state index is -0.206. The highest BCUT2D eigenvalue weighted by Crippen LogP contribution is 2.31. The first kappa shape index (κ1) is 20.7. The van der Waals surface area contributed by atoms with Crippen molar-refractivity contribution in [2.75, 3.05) is 13.2 Å². The first-order valence-corrected chi connectivity index (χ1v) is 10.4. The predicted octanol–water partition coefficient (Wildman–Crippen LogP) is 5.29. The SMILES string of the molecule is Cc1cccc(OCCCOc2ccc(Cl)cc2/C=C2\SC(=S)NC2=O)c1C. The molecule has 3 rings (SSSR count). The Morgan fingerprint density at radius 3 is 2.61 bits per heavy atom. The summed E-state index contributed by atoms with van der Waals surface area (Å²) in [5, 5.41) is 3.17. The largest absolute Gasteiger partial charge is 0.493 e. The normalized spacial score (nSPS) is 15.0. The number of ether oxygens (including phenoxy) is 2. The lowest BCUT2D eigenvalue weighted by molar-refractivity contribution is -0.115. The molecule has 1 N–H and O–H groups in total. The van der Waals surface area contributed by atoms with Crippen LogP contribution in [-0.4, -0.2) is 23.4 Å². The smallest absolute Gasteiger partial charge is 0.263 e. The molecule has 1 aliphatic rings. The molecule has 1 amide bonds. The van der Waals surface area contributed by atoms with Crippen molar-refractivity contribution in [3.05, 3.63) is 63.0 Å². The van der Waals surface area contributed by atoms with Gasteiger partial charge in [0.15, 0.2) is 0 Å². The number of thioether (sulfide) groups is 1. The van der Waals surface area contributed by atoms with Crippen LogP contribution in [0, 0.1) is 13.8 Å². The molecule has 0 atom stereocenters. The van der Waals surface area contributed by atoms with Crippen molar-refractivity contribution in [1.82, 2.24) is 5.32 Å². The Hall–Kier alpha value is -2.02. The summed E-state index contributed by atoms with van der Waals surface area (Å²) in [4.78, 5) is 12.4. The molecule has 0 aliphatic carbocycles. The van der Waals surface area contributed by atoms with Gasteiger partial charge in [-0.1, -0.05) is 47.7 Å². The Morgan fingerprint density at radius 1 is 1.14 bits per heavy atom. The van der Waals surface area contributed by atoms with Crippen LogP contribution in [0.2, 0.25) is 5.02 Å². The maximum Gasteiger partial charge on any atom is 0.263 e. The molecular formula is C21H20ClNO3S2. The Labute approximate surface area is 179 Å². The topological polar surface area (TPSA) is 47.6 Å². The van der Waals surface area contributed by atoms with E-state index in [9.17, 15) is 4.79 Å². The highest BCUT2D eigenvalue weighted by Gasteiger charge is 2.22. The first-order chi connectivity index (χ1) is 13.4. The van der Waals surface area contributed by atoms with Gasteiger partial charge in [0.1, 0.15) is 15.8 Å². The summed E-state index contributed by atoms with van der Waals surface area (Å²) in [6, 6.07) is 11.4. The van der Waals surface area contributed by atoms with Gasteiger partial charge in [0.2, 0.25) is 0 Å². The molecular weight excluding hydrogens is 414 g/mol. The van der Waals surface area contributed by atoms with Gasteiger partial charge < -0.3 is 14.8 Å². The van der Waals surface area contributed by atoms with Crippen molar-refractivity contribution >= 4 is 51.9 Å². The fourth-order valence-corrected chi connectivity index (χ4v) is 3.85. The van der Waals surface area contributed by atoms with E-state index in [0.29, 0.717) is 33.2 Å². The second-order valence-corrected chi connectivity index (χ2v) is 8.44. The summed E-state index contributed by atoms with van der Waals surface area (Å²) in [6.45, 7) is 5.16. The number of carbonyl (C=O) groups excluding carboxylic acids is 1. The van der Waals surface area contributed by atoms with Gasteiger partial charge in [0.25, 0.3) is 5.91 Å². The van der Waals surface area contributed by atoms with Crippen LogP contribution in [0.15, 0.2) is 41.3 Å². The maximum absolute atomic E-state index is 11.9. The van der Waals surface area contributed by atoms with Crippen molar-refractivity contribution in [2.45, 2.75) is 20.3 Å². The molecule has 0 bridgehead atoms. The fourth-order valence-electron chi connectivity index (χ4n) is 2.63. The van der Waals surface area contributed by atoms with Gasteiger partial charge in [0, 0.05) is 17.0 Å². The third kappa shape index (κ3) is 5.28. The molecule has 4 nitrogen and oxygen atoms in total. The lowest BCUT2D eigenvalue weighted by Crippen LogP contribution is -2.17. The second kappa shape index (κ2) is 9.45. The average molecular weight is 434 g/mol. The Kier molecular flexibility index (Phi) is 6.99. The molecule has 1 saturated heterocycles. The van der Waals surface area contributed by atoms with Crippen LogP contribution in [0.1, 0.15) is 23.1 Å². The van der Waals surface area contributed by atoms with E-state index in [0.717, 1.165) is 23.3 Å². The van der Waals surface area contributed by atoms with E-state index in [1.807, 2.05) is 12.1 Å². The molecule has 28 heavy (non-hydrogen) atoms. The fraction of sp³-hybridized carbons (Fsp3) is 0.238. The van der Waals surface area contributed by atoms with Gasteiger partial charge in [-0.3, -0.25) is 4.79 Å². The molecule has 0 radical (unpaired) electrons. The third-order valence-corrected chi connectivity index (χ3v) is 5.66. The number of rotatable bonds is 7. The minimum absolute atomic E-state index is 0.206. The summed E-state index contributed by atoms with van der Waals surface area (Å²) in [6.07, 6.45) is 2.47. The molecule has 0 unspecified atom stereocenters. The van der Waals surface area contributed by atoms with Gasteiger partial charge in [-0.15, -0.1) is 0 Å². The van der Waals surface area contributed by atoms with Gasteiger partial charge in [0.05, 0.1) is 18.1 Å². The van der Waals surface area contributed by atoms with E-state index in [2.05, 4.69) is 25.2 Å². The van der Waals surface area contributed by atoms with Crippen LogP contribution in [-0.2, 0) is 4.79 Å². The molecule has 2 aromatic carbocycles. The first-order valence-electron chi connectivity index (χ1n) is 8.80. The average Bonchev–Trinajstić information content (AvgIpc) is 2.97. The van der Waals surface area contributed by atoms with E-state index < -0.39 is 0 Å². The highest BCUT2D eigenvalue weighted by molar-refractivity contribution is 8.26. The monoisotopic (exact) mass is 433 g/mol. The zero-order valence-electron chi connectivity index (χ0n) is 15.6. The molecule has 0 saturated carbocycles. The summed E-state index contributed by atoms with van der Waals surface area (Å²) in [5.41, 5.74) is 3.10. The Bertz CT molecular complexity index is 943. The zero-order chi connectivity index (χ0) is 20.1. The van der Waals surface area contributed by atoms with E-state index in [-0.39, 0.29) is 5.91 Å². The quantitative estimate of drug-likeness (QED) is 0.365. The number of hydrogen-bond donors (Lipinski definition) is 1. The zero-order valence-corrected chi connectivity index (χ0v) is 18.0. The van der Waals surface area contributed by atoms with Crippen LogP contribution in [0.25, 0.3) is 6.08 Å². The lowest BCUT2D eigenvalue weighted by Gasteiger charge is -2.12. The predicted molar refractivity (Wildman–Crippen MR) is 119 cm³/mol. The van der Waals surface area contributed by atoms with Crippen LogP contribution in [0.4, 0.5) is 0 Å². The van der Waals surface area contributed by atoms with E-state index in [1.54, 1.807) is 24.3 Å². The minimum Gasteiger partial charge on any atom is -0.493 e. The van der Waals surface area contributed by atoms with Crippen molar-refractivity contribution in [1.29, 1.82) is 0 Å². The summed E-state index contributed by atoms with van der Waals surface area (Å²) in [7, 11) is 0. The van der Waals surface area contributed by atoms with Crippen molar-refractivity contribution in [3.63, 3.8) is 0 Å². The maximum atomic E-state index is 11.9. The van der Waals surface area contributed by atoms with Crippen LogP contribution in [0.5, 0.6) is 11.5 Å². The second-order valence-electron chi connectivity index (χ2n) is 6.28. The number of hydrogen-bond acceptors (Lipinski definition) is 5. The molecule has 2 aromatic rings. The van der Waals surface area contributed by atoms with Crippen molar-refractivity contribution < 1.29 is 14.3 Å². The number of halogens is 1. The molecule has 0 aromatic heterocycles. The van der Waals surface area contributed by atoms with Gasteiger partial charge in [-0.05, 0) is 55.3 Å². The summed E-state index contributed by atoms with van der Waals surface area (Å²) >= 11 is 12.4. The standard InChI is InChI=1S/C21H20ClNO3S2/c1-13-5-3-6-17(14(13)2)25-9-4-10-26-18-8-7-16(22)11-15(18)12-19-20(24)23-21(27)28-19/h3,5-8,11-12H,4,9-10H2,1-2H3,(H,23,24,27)/b19-12-. The number of aryl methyl sites for hydroxylation is 1.